The summed E-state index contributed by atoms with van der Waals surface area (Å²) in [7, 11) is 0. The Bertz CT molecular complexity index is 1300. The van der Waals surface area contributed by atoms with Gasteiger partial charge < -0.3 is 9.90 Å². The maximum absolute atomic E-state index is 11.5. The number of aliphatic hydroxyl groups excluding tert-OH is 1. The largest absolute Gasteiger partial charge is 0.393 e. The van der Waals surface area contributed by atoms with E-state index in [0.29, 0.717) is 17.9 Å². The number of aromatic nitrogens is 1. The molecule has 2 atom stereocenters. The van der Waals surface area contributed by atoms with E-state index < -0.39 is 6.10 Å². The van der Waals surface area contributed by atoms with Crippen molar-refractivity contribution < 1.29 is 9.90 Å². The summed E-state index contributed by atoms with van der Waals surface area (Å²) in [5.41, 5.74) is 5.96. The van der Waals surface area contributed by atoms with E-state index in [0.717, 1.165) is 45.1 Å². The highest BCUT2D eigenvalue weighted by molar-refractivity contribution is 6.31. The molecule has 0 saturated heterocycles. The fourth-order valence-corrected chi connectivity index (χ4v) is 4.34. The molecule has 0 bridgehead atoms. The number of aliphatic hydroxyl groups is 1. The van der Waals surface area contributed by atoms with Crippen LogP contribution in [-0.4, -0.2) is 22.5 Å². The van der Waals surface area contributed by atoms with Crippen molar-refractivity contribution in [3.8, 4) is 0 Å². The number of hydrogen-bond acceptors (Lipinski definition) is 3. The molecule has 33 heavy (non-hydrogen) atoms. The molecule has 0 spiro atoms. The zero-order chi connectivity index (χ0) is 23.2. The van der Waals surface area contributed by atoms with Gasteiger partial charge in [-0.2, -0.15) is 0 Å². The molecule has 0 amide bonds. The Morgan fingerprint density at radius 3 is 2.61 bits per heavy atom. The number of carbonyl (C=O) groups is 1. The second kappa shape index (κ2) is 10.6. The predicted molar refractivity (Wildman–Crippen MR) is 136 cm³/mol. The van der Waals surface area contributed by atoms with Crippen LogP contribution in [0.1, 0.15) is 47.2 Å². The van der Waals surface area contributed by atoms with Crippen LogP contribution in [0.25, 0.3) is 23.1 Å². The van der Waals surface area contributed by atoms with Crippen molar-refractivity contribution in [2.45, 2.75) is 31.8 Å². The molecule has 0 aliphatic carbocycles. The van der Waals surface area contributed by atoms with Gasteiger partial charge in [0.05, 0.1) is 17.3 Å². The summed E-state index contributed by atoms with van der Waals surface area (Å²) in [5.74, 6) is -0.0632. The summed E-state index contributed by atoms with van der Waals surface area (Å²) in [6.45, 7) is 1.78. The highest BCUT2D eigenvalue weighted by atomic mass is 35.5. The van der Waals surface area contributed by atoms with Crippen LogP contribution in [0.15, 0.2) is 78.9 Å². The van der Waals surface area contributed by atoms with Crippen molar-refractivity contribution in [1.29, 1.82) is 0 Å². The molecule has 0 aliphatic rings. The van der Waals surface area contributed by atoms with Crippen molar-refractivity contribution >= 4 is 40.9 Å². The van der Waals surface area contributed by atoms with Gasteiger partial charge in [-0.25, -0.2) is 4.98 Å². The molecule has 4 aromatic rings. The molecular weight excluding hydrogens is 430 g/mol. The van der Waals surface area contributed by atoms with E-state index in [4.69, 9.17) is 11.6 Å². The third-order valence-corrected chi connectivity index (χ3v) is 5.95. The molecule has 0 aliphatic heterocycles. The molecule has 1 aromatic heterocycles. The summed E-state index contributed by atoms with van der Waals surface area (Å²) in [6.07, 6.45) is 5.48. The van der Waals surface area contributed by atoms with Gasteiger partial charge in [0, 0.05) is 22.7 Å². The number of halogens is 1. The average Bonchev–Trinajstić information content (AvgIpc) is 2.81. The van der Waals surface area contributed by atoms with Gasteiger partial charge in [0.1, 0.15) is 6.29 Å². The highest BCUT2D eigenvalue weighted by Crippen LogP contribution is 2.31. The number of nitrogens with zero attached hydrogens (tertiary/aromatic N) is 1. The van der Waals surface area contributed by atoms with Crippen LogP contribution >= 0.6 is 11.6 Å². The van der Waals surface area contributed by atoms with Gasteiger partial charge in [-0.1, -0.05) is 78.3 Å². The highest BCUT2D eigenvalue weighted by Gasteiger charge is 2.18. The molecule has 1 N–H and O–H groups in total. The van der Waals surface area contributed by atoms with Crippen LogP contribution in [-0.2, 0) is 11.2 Å². The molecule has 0 saturated carbocycles. The third kappa shape index (κ3) is 5.75. The summed E-state index contributed by atoms with van der Waals surface area (Å²) in [5, 5.41) is 11.6. The van der Waals surface area contributed by atoms with Gasteiger partial charge in [0.2, 0.25) is 0 Å². The summed E-state index contributed by atoms with van der Waals surface area (Å²) >= 11 is 6.11. The van der Waals surface area contributed by atoms with Crippen molar-refractivity contribution in [1.82, 2.24) is 4.98 Å². The fourth-order valence-electron chi connectivity index (χ4n) is 4.18. The normalized spacial score (nSPS) is 13.3. The minimum Gasteiger partial charge on any atom is -0.393 e. The van der Waals surface area contributed by atoms with Crippen molar-refractivity contribution in [3.05, 3.63) is 112 Å². The van der Waals surface area contributed by atoms with Crippen molar-refractivity contribution in [2.75, 3.05) is 0 Å². The predicted octanol–water partition coefficient (Wildman–Crippen LogP) is 6.70. The molecule has 0 fully saturated rings. The van der Waals surface area contributed by atoms with E-state index in [1.54, 1.807) is 6.92 Å². The Labute approximate surface area is 199 Å². The van der Waals surface area contributed by atoms with Crippen molar-refractivity contribution in [3.63, 3.8) is 0 Å². The Morgan fingerprint density at radius 2 is 1.79 bits per heavy atom. The molecule has 1 heterocycles. The second-order valence-corrected chi connectivity index (χ2v) is 8.72. The van der Waals surface area contributed by atoms with Crippen molar-refractivity contribution in [2.24, 2.45) is 0 Å². The lowest BCUT2D eigenvalue weighted by atomic mass is 9.84. The van der Waals surface area contributed by atoms with E-state index in [2.05, 4.69) is 23.2 Å². The van der Waals surface area contributed by atoms with Crippen LogP contribution in [0, 0.1) is 0 Å². The standard InChI is InChI=1S/C29H26ClNO2/c1-20(33)17-23-6-2-3-8-27(23)28(15-16-32)24-7-4-5-21(18-24)9-13-26-14-11-22-10-12-25(30)19-29(22)31-26/h2-14,16,18-20,28,33H,15,17H2,1H3. The van der Waals surface area contributed by atoms with E-state index in [9.17, 15) is 9.90 Å². The summed E-state index contributed by atoms with van der Waals surface area (Å²) in [6, 6.07) is 26.0. The SMILES string of the molecule is CC(O)Cc1ccccc1C(CC=O)c1cccc(C=Cc2ccc3ccc(Cl)cc3n2)c1. The topological polar surface area (TPSA) is 50.2 Å². The number of pyridine rings is 1. The van der Waals surface area contributed by atoms with Gasteiger partial charge in [-0.15, -0.1) is 0 Å². The Morgan fingerprint density at radius 1 is 0.970 bits per heavy atom. The number of hydrogen-bond donors (Lipinski definition) is 1. The first-order chi connectivity index (χ1) is 16.0. The third-order valence-electron chi connectivity index (χ3n) is 5.71. The van der Waals surface area contributed by atoms with Gasteiger partial charge in [0.15, 0.2) is 0 Å². The molecular formula is C29H26ClNO2. The van der Waals surface area contributed by atoms with E-state index >= 15 is 0 Å². The first-order valence-electron chi connectivity index (χ1n) is 11.1. The van der Waals surface area contributed by atoms with Crippen LogP contribution in [0.2, 0.25) is 5.02 Å². The molecule has 0 radical (unpaired) electrons. The first kappa shape index (κ1) is 22.9. The lowest BCUT2D eigenvalue weighted by molar-refractivity contribution is -0.108. The van der Waals surface area contributed by atoms with E-state index in [1.807, 2.05) is 72.8 Å². The summed E-state index contributed by atoms with van der Waals surface area (Å²) < 4.78 is 0. The Hall–Kier alpha value is -3.27. The van der Waals surface area contributed by atoms with Crippen LogP contribution in [0.4, 0.5) is 0 Å². The smallest absolute Gasteiger partial charge is 0.120 e. The van der Waals surface area contributed by atoms with Crippen LogP contribution in [0.5, 0.6) is 0 Å². The molecule has 4 rings (SSSR count). The fraction of sp³-hybridized carbons (Fsp3) is 0.172. The number of fused-ring (bicyclic) bond motifs is 1. The maximum Gasteiger partial charge on any atom is 0.120 e. The molecule has 2 unspecified atom stereocenters. The lowest BCUT2D eigenvalue weighted by Crippen LogP contribution is -2.11. The number of benzene rings is 3. The minimum atomic E-state index is -0.443. The zero-order valence-electron chi connectivity index (χ0n) is 18.5. The van der Waals surface area contributed by atoms with Gasteiger partial charge >= 0.3 is 0 Å². The number of rotatable bonds is 8. The van der Waals surface area contributed by atoms with Crippen LogP contribution in [0.3, 0.4) is 0 Å². The Kier molecular flexibility index (Phi) is 7.33. The van der Waals surface area contributed by atoms with Gasteiger partial charge in [-0.3, -0.25) is 0 Å². The van der Waals surface area contributed by atoms with Gasteiger partial charge in [0.25, 0.3) is 0 Å². The summed E-state index contributed by atoms with van der Waals surface area (Å²) in [4.78, 5) is 16.2. The Balaban J connectivity index is 1.64. The maximum atomic E-state index is 11.5. The average molecular weight is 456 g/mol. The molecule has 4 heteroatoms. The first-order valence-corrected chi connectivity index (χ1v) is 11.4. The monoisotopic (exact) mass is 455 g/mol. The van der Waals surface area contributed by atoms with Gasteiger partial charge in [-0.05, 0) is 59.9 Å². The van der Waals surface area contributed by atoms with E-state index in [-0.39, 0.29) is 5.92 Å². The lowest BCUT2D eigenvalue weighted by Gasteiger charge is -2.20. The molecule has 3 nitrogen and oxygen atoms in total. The quantitative estimate of drug-likeness (QED) is 0.300. The minimum absolute atomic E-state index is 0.0632. The molecule has 166 valence electrons. The second-order valence-electron chi connectivity index (χ2n) is 8.28. The van der Waals surface area contributed by atoms with Crippen LogP contribution < -0.4 is 0 Å². The number of carbonyl (C=O) groups excluding carboxylic acids is 1. The van der Waals surface area contributed by atoms with E-state index in [1.165, 1.54) is 0 Å². The molecule has 3 aromatic carbocycles. The number of aldehydes is 1. The zero-order valence-corrected chi connectivity index (χ0v) is 19.2.